The van der Waals surface area contributed by atoms with E-state index in [2.05, 4.69) is 20.4 Å². The van der Waals surface area contributed by atoms with Gasteiger partial charge in [0, 0.05) is 50.4 Å². The van der Waals surface area contributed by atoms with E-state index in [4.69, 9.17) is 0 Å². The summed E-state index contributed by atoms with van der Waals surface area (Å²) in [5.74, 6) is -1.48. The SMILES string of the molecule is Cc1nn(-c2ccc3nnc(C)n3n2)c(C)c1CCC(=O)N1CCN(Cc2ccc(F)c(O)c2F)CC1. The first-order valence-electron chi connectivity index (χ1n) is 12.1. The highest BCUT2D eigenvalue weighted by Gasteiger charge is 2.24. The van der Waals surface area contributed by atoms with Crippen LogP contribution in [0.5, 0.6) is 5.75 Å². The number of halogens is 2. The van der Waals surface area contributed by atoms with Gasteiger partial charge in [-0.3, -0.25) is 9.69 Å². The minimum atomic E-state index is -0.976. The molecule has 3 aromatic heterocycles. The highest BCUT2D eigenvalue weighted by atomic mass is 19.1. The lowest BCUT2D eigenvalue weighted by atomic mass is 10.1. The zero-order valence-corrected chi connectivity index (χ0v) is 20.9. The summed E-state index contributed by atoms with van der Waals surface area (Å²) in [4.78, 5) is 16.7. The molecule has 1 amide bonds. The summed E-state index contributed by atoms with van der Waals surface area (Å²) in [6, 6.07) is 6.09. The maximum atomic E-state index is 14.1. The number of piperazine rings is 1. The third kappa shape index (κ3) is 4.76. The van der Waals surface area contributed by atoms with Gasteiger partial charge in [-0.2, -0.15) is 9.61 Å². The van der Waals surface area contributed by atoms with Crippen molar-refractivity contribution in [1.29, 1.82) is 0 Å². The van der Waals surface area contributed by atoms with E-state index in [0.29, 0.717) is 56.3 Å². The molecule has 0 bridgehead atoms. The average molecular weight is 511 g/mol. The Bertz CT molecular complexity index is 1470. The third-order valence-electron chi connectivity index (χ3n) is 6.92. The van der Waals surface area contributed by atoms with E-state index < -0.39 is 17.4 Å². The molecule has 194 valence electrons. The van der Waals surface area contributed by atoms with Gasteiger partial charge >= 0.3 is 0 Å². The molecule has 12 heteroatoms. The molecule has 1 N–H and O–H groups in total. The molecule has 1 fully saturated rings. The van der Waals surface area contributed by atoms with Gasteiger partial charge in [-0.05, 0) is 51.0 Å². The topological polar surface area (TPSA) is 105 Å². The molecule has 0 radical (unpaired) electrons. The highest BCUT2D eigenvalue weighted by Crippen LogP contribution is 2.24. The van der Waals surface area contributed by atoms with Crippen LogP contribution >= 0.6 is 0 Å². The maximum Gasteiger partial charge on any atom is 0.222 e. The normalized spacial score (nSPS) is 14.6. The first kappa shape index (κ1) is 24.8. The van der Waals surface area contributed by atoms with Crippen molar-refractivity contribution in [3.63, 3.8) is 0 Å². The Morgan fingerprint density at radius 3 is 2.51 bits per heavy atom. The summed E-state index contributed by atoms with van der Waals surface area (Å²) < 4.78 is 30.9. The Morgan fingerprint density at radius 1 is 1.00 bits per heavy atom. The lowest BCUT2D eigenvalue weighted by Crippen LogP contribution is -2.48. The second kappa shape index (κ2) is 9.85. The summed E-state index contributed by atoms with van der Waals surface area (Å²) >= 11 is 0. The number of aryl methyl sites for hydroxylation is 2. The summed E-state index contributed by atoms with van der Waals surface area (Å²) in [5, 5.41) is 26.9. The van der Waals surface area contributed by atoms with Crippen LogP contribution in [0.2, 0.25) is 0 Å². The quantitative estimate of drug-likeness (QED) is 0.425. The lowest BCUT2D eigenvalue weighted by Gasteiger charge is -2.35. The van der Waals surface area contributed by atoms with E-state index in [0.717, 1.165) is 23.0 Å². The molecule has 1 saturated heterocycles. The van der Waals surface area contributed by atoms with Crippen LogP contribution in [0, 0.1) is 32.4 Å². The molecule has 1 aliphatic rings. The van der Waals surface area contributed by atoms with Crippen LogP contribution in [0.1, 0.15) is 34.8 Å². The Kier molecular flexibility index (Phi) is 6.59. The number of nitrogens with zero attached hydrogens (tertiary/aromatic N) is 8. The number of phenols is 1. The van der Waals surface area contributed by atoms with Crippen LogP contribution in [0.25, 0.3) is 11.5 Å². The van der Waals surface area contributed by atoms with Crippen molar-refractivity contribution < 1.29 is 18.7 Å². The number of rotatable bonds is 6. The largest absolute Gasteiger partial charge is 0.503 e. The molecule has 5 rings (SSSR count). The third-order valence-corrected chi connectivity index (χ3v) is 6.92. The second-order valence-corrected chi connectivity index (χ2v) is 9.30. The zero-order chi connectivity index (χ0) is 26.3. The molecule has 10 nitrogen and oxygen atoms in total. The van der Waals surface area contributed by atoms with Gasteiger partial charge in [0.2, 0.25) is 5.91 Å². The number of amides is 1. The smallest absolute Gasteiger partial charge is 0.222 e. The van der Waals surface area contributed by atoms with Crippen molar-refractivity contribution >= 4 is 11.6 Å². The van der Waals surface area contributed by atoms with Gasteiger partial charge in [0.05, 0.1) is 5.69 Å². The monoisotopic (exact) mass is 510 g/mol. The maximum absolute atomic E-state index is 14.1. The summed E-state index contributed by atoms with van der Waals surface area (Å²) in [5.41, 5.74) is 3.68. The second-order valence-electron chi connectivity index (χ2n) is 9.30. The van der Waals surface area contributed by atoms with Gasteiger partial charge in [0.1, 0.15) is 0 Å². The van der Waals surface area contributed by atoms with Crippen LogP contribution in [0.3, 0.4) is 0 Å². The molecule has 4 aromatic rings. The molecule has 1 aliphatic heterocycles. The first-order chi connectivity index (χ1) is 17.7. The number of benzene rings is 1. The predicted molar refractivity (Wildman–Crippen MR) is 130 cm³/mol. The van der Waals surface area contributed by atoms with Crippen molar-refractivity contribution in [3.05, 3.63) is 64.2 Å². The highest BCUT2D eigenvalue weighted by molar-refractivity contribution is 5.76. The zero-order valence-electron chi connectivity index (χ0n) is 20.9. The van der Waals surface area contributed by atoms with Crippen LogP contribution in [-0.2, 0) is 17.8 Å². The average Bonchev–Trinajstić information content (AvgIpc) is 3.41. The van der Waals surface area contributed by atoms with E-state index in [-0.39, 0.29) is 18.0 Å². The number of phenolic OH excluding ortho intramolecular Hbond substituents is 1. The minimum Gasteiger partial charge on any atom is -0.503 e. The Morgan fingerprint density at radius 2 is 1.76 bits per heavy atom. The van der Waals surface area contributed by atoms with Crippen LogP contribution < -0.4 is 0 Å². The molecular weight excluding hydrogens is 482 g/mol. The van der Waals surface area contributed by atoms with E-state index in [1.807, 2.05) is 42.7 Å². The van der Waals surface area contributed by atoms with E-state index >= 15 is 0 Å². The minimum absolute atomic E-state index is 0.0523. The molecular formula is C25H28F2N8O2. The summed E-state index contributed by atoms with van der Waals surface area (Å²) in [6.45, 7) is 8.15. The molecule has 0 spiro atoms. The fraction of sp³-hybridized carbons (Fsp3) is 0.400. The van der Waals surface area contributed by atoms with Gasteiger partial charge in [0.25, 0.3) is 0 Å². The van der Waals surface area contributed by atoms with Gasteiger partial charge < -0.3 is 10.0 Å². The predicted octanol–water partition coefficient (Wildman–Crippen LogP) is 2.50. The lowest BCUT2D eigenvalue weighted by molar-refractivity contribution is -0.133. The molecule has 0 saturated carbocycles. The molecule has 4 heterocycles. The van der Waals surface area contributed by atoms with Gasteiger partial charge in [0.15, 0.2) is 34.7 Å². The van der Waals surface area contributed by atoms with Crippen LogP contribution in [-0.4, -0.2) is 76.6 Å². The standard InChI is InChI=1S/C25H28F2N8O2/c1-15-19(16(2)34(30-15)22-8-7-21-29-28-17(3)35(21)31-22)5-9-23(36)33-12-10-32(11-13-33)14-18-4-6-20(26)25(37)24(18)27/h4,6-8,37H,5,9-14H2,1-3H3. The number of aromatic nitrogens is 6. The van der Waals surface area contributed by atoms with Crippen LogP contribution in [0.15, 0.2) is 24.3 Å². The number of carbonyl (C=O) groups is 1. The number of carbonyl (C=O) groups excluding carboxylic acids is 1. The van der Waals surface area contributed by atoms with Crippen molar-refractivity contribution in [1.82, 2.24) is 39.4 Å². The Hall–Kier alpha value is -3.93. The van der Waals surface area contributed by atoms with Crippen molar-refractivity contribution in [2.45, 2.75) is 40.2 Å². The van der Waals surface area contributed by atoms with Crippen molar-refractivity contribution in [2.24, 2.45) is 0 Å². The Balaban J connectivity index is 1.19. The van der Waals surface area contributed by atoms with Crippen molar-refractivity contribution in [3.8, 4) is 11.6 Å². The Labute approximate surface area is 212 Å². The number of aromatic hydroxyl groups is 1. The van der Waals surface area contributed by atoms with E-state index in [1.54, 1.807) is 9.20 Å². The molecule has 37 heavy (non-hydrogen) atoms. The summed E-state index contributed by atoms with van der Waals surface area (Å²) in [7, 11) is 0. The molecule has 0 atom stereocenters. The molecule has 1 aromatic carbocycles. The van der Waals surface area contributed by atoms with Crippen molar-refractivity contribution in [2.75, 3.05) is 26.2 Å². The summed E-state index contributed by atoms with van der Waals surface area (Å²) in [6.07, 6.45) is 0.912. The fourth-order valence-corrected chi connectivity index (χ4v) is 4.75. The van der Waals surface area contributed by atoms with Gasteiger partial charge in [-0.1, -0.05) is 6.07 Å². The van der Waals surface area contributed by atoms with E-state index in [1.165, 1.54) is 6.07 Å². The first-order valence-corrected chi connectivity index (χ1v) is 12.1. The number of hydrogen-bond acceptors (Lipinski definition) is 7. The van der Waals surface area contributed by atoms with E-state index in [9.17, 15) is 18.7 Å². The van der Waals surface area contributed by atoms with Gasteiger partial charge in [-0.15, -0.1) is 15.3 Å². The number of fused-ring (bicyclic) bond motifs is 1. The van der Waals surface area contributed by atoms with Gasteiger partial charge in [-0.25, -0.2) is 13.5 Å². The fourth-order valence-electron chi connectivity index (χ4n) is 4.75. The number of hydrogen-bond donors (Lipinski definition) is 1. The molecule has 0 unspecified atom stereocenters. The molecule has 0 aliphatic carbocycles. The van der Waals surface area contributed by atoms with Crippen LogP contribution in [0.4, 0.5) is 8.78 Å².